The Bertz CT molecular complexity index is 1290. The second-order valence-corrected chi connectivity index (χ2v) is 8.98. The highest BCUT2D eigenvalue weighted by Gasteiger charge is 2.35. The van der Waals surface area contributed by atoms with Crippen LogP contribution in [-0.2, 0) is 25.8 Å². The van der Waals surface area contributed by atoms with Gasteiger partial charge in [0.1, 0.15) is 6.33 Å². The van der Waals surface area contributed by atoms with Gasteiger partial charge in [-0.05, 0) is 30.5 Å². The van der Waals surface area contributed by atoms with E-state index in [2.05, 4.69) is 44.0 Å². The van der Waals surface area contributed by atoms with Gasteiger partial charge in [-0.15, -0.1) is 0 Å². The van der Waals surface area contributed by atoms with Crippen molar-refractivity contribution in [2.24, 2.45) is 0 Å². The number of carbonyl (C=O) groups is 1. The molecule has 0 saturated carbocycles. The minimum absolute atomic E-state index is 0.0944. The van der Waals surface area contributed by atoms with Crippen molar-refractivity contribution >= 4 is 5.91 Å². The minimum Gasteiger partial charge on any atom is -0.417 e. The number of H-pyrrole nitrogens is 1. The molecule has 0 saturated heterocycles. The number of likely N-dealkylation sites (N-methyl/N-ethyl adjacent to an activating group) is 1. The number of ether oxygens (including phenoxy) is 1. The summed E-state index contributed by atoms with van der Waals surface area (Å²) in [6, 6.07) is 0. The molecule has 1 atom stereocenters. The van der Waals surface area contributed by atoms with Crippen molar-refractivity contribution in [1.82, 2.24) is 30.2 Å². The van der Waals surface area contributed by atoms with Crippen molar-refractivity contribution in [1.29, 1.82) is 0 Å². The summed E-state index contributed by atoms with van der Waals surface area (Å²) in [6.07, 6.45) is 5.23. The van der Waals surface area contributed by atoms with Crippen molar-refractivity contribution in [3.8, 4) is 23.0 Å². The van der Waals surface area contributed by atoms with Gasteiger partial charge in [0, 0.05) is 49.4 Å². The number of aryl methyl sites for hydroxylation is 1. The van der Waals surface area contributed by atoms with E-state index in [0.29, 0.717) is 48.6 Å². The summed E-state index contributed by atoms with van der Waals surface area (Å²) in [7, 11) is 0. The molecule has 5 heterocycles. The molecule has 0 radical (unpaired) electrons. The Labute approximate surface area is 190 Å². The summed E-state index contributed by atoms with van der Waals surface area (Å²) in [6.45, 7) is 7.22. The van der Waals surface area contributed by atoms with Gasteiger partial charge in [-0.3, -0.25) is 9.69 Å². The van der Waals surface area contributed by atoms with Gasteiger partial charge in [0.2, 0.25) is 5.88 Å². The predicted molar refractivity (Wildman–Crippen MR) is 119 cm³/mol. The maximum Gasteiger partial charge on any atom is 0.258 e. The number of amides is 1. The topological polar surface area (TPSA) is 96.0 Å². The number of halogens is 1. The molecular formula is C24H25FN6O2. The van der Waals surface area contributed by atoms with Crippen LogP contribution in [0.25, 0.3) is 11.3 Å². The molecule has 8 nitrogen and oxygen atoms in total. The first-order valence-corrected chi connectivity index (χ1v) is 11.5. The fraction of sp³-hybridized carbons (Fsp3) is 0.417. The van der Waals surface area contributed by atoms with Crippen LogP contribution in [0.1, 0.15) is 58.2 Å². The normalized spacial score (nSPS) is 19.2. The fourth-order valence-corrected chi connectivity index (χ4v) is 5.21. The largest absolute Gasteiger partial charge is 0.417 e. The lowest BCUT2D eigenvalue weighted by atomic mass is 9.87. The molecular weight excluding hydrogens is 423 g/mol. The van der Waals surface area contributed by atoms with Gasteiger partial charge in [0.05, 0.1) is 22.5 Å². The Kier molecular flexibility index (Phi) is 4.69. The van der Waals surface area contributed by atoms with Crippen molar-refractivity contribution in [3.05, 3.63) is 52.0 Å². The number of nitrogens with one attached hydrogen (secondary N) is 2. The fourth-order valence-electron chi connectivity index (χ4n) is 5.21. The van der Waals surface area contributed by atoms with Crippen LogP contribution in [0.15, 0.2) is 12.5 Å². The Balaban J connectivity index is 1.43. The van der Waals surface area contributed by atoms with E-state index < -0.39 is 5.82 Å². The zero-order valence-corrected chi connectivity index (χ0v) is 18.7. The molecule has 0 fully saturated rings. The number of hydrogen-bond acceptors (Lipinski definition) is 6. The van der Waals surface area contributed by atoms with Crippen LogP contribution in [0.5, 0.6) is 11.8 Å². The lowest BCUT2D eigenvalue weighted by Gasteiger charge is -2.27. The Morgan fingerprint density at radius 3 is 2.88 bits per heavy atom. The number of nitrogens with zero attached hydrogens (tertiary/aromatic N) is 4. The number of carbonyl (C=O) groups excluding carboxylic acids is 1. The standard InChI is InChI=1S/C24H25FN6O2/c1-3-31-7-6-16-15(10-31)23(29-11-28-16)33-24-19(25)17-13(9-27-24)4-5-14-18-20(30-21(14)17)12(2)8-26-22(18)32/h9,11-12,30H,3-8,10H2,1-2H3,(H,26,32)/t12-/m0/s1. The number of pyridine rings is 1. The molecule has 0 aromatic carbocycles. The molecule has 1 aliphatic carbocycles. The summed E-state index contributed by atoms with van der Waals surface area (Å²) < 4.78 is 21.9. The van der Waals surface area contributed by atoms with Crippen LogP contribution in [0, 0.1) is 5.82 Å². The number of rotatable bonds is 3. The summed E-state index contributed by atoms with van der Waals surface area (Å²) >= 11 is 0. The highest BCUT2D eigenvalue weighted by Crippen LogP contribution is 2.42. The Hall–Kier alpha value is -3.33. The summed E-state index contributed by atoms with van der Waals surface area (Å²) in [5, 5.41) is 2.94. The molecule has 3 aliphatic rings. The van der Waals surface area contributed by atoms with Crippen molar-refractivity contribution in [2.45, 2.75) is 45.6 Å². The molecule has 2 N–H and O–H groups in total. The molecule has 0 unspecified atom stereocenters. The first-order chi connectivity index (χ1) is 16.0. The molecule has 3 aromatic heterocycles. The number of fused-ring (bicyclic) bond motifs is 6. The molecule has 2 aliphatic heterocycles. The first-order valence-electron chi connectivity index (χ1n) is 11.5. The van der Waals surface area contributed by atoms with E-state index in [4.69, 9.17) is 4.74 Å². The second kappa shape index (κ2) is 7.62. The van der Waals surface area contributed by atoms with Crippen molar-refractivity contribution < 1.29 is 13.9 Å². The van der Waals surface area contributed by atoms with E-state index in [1.54, 1.807) is 6.20 Å². The molecule has 170 valence electrons. The minimum atomic E-state index is -0.532. The van der Waals surface area contributed by atoms with Gasteiger partial charge in [0.15, 0.2) is 5.82 Å². The number of aromatic nitrogens is 4. The second-order valence-electron chi connectivity index (χ2n) is 8.98. The van der Waals surface area contributed by atoms with E-state index in [1.165, 1.54) is 6.33 Å². The van der Waals surface area contributed by atoms with E-state index in [0.717, 1.165) is 47.6 Å². The van der Waals surface area contributed by atoms with Crippen LogP contribution in [0.4, 0.5) is 4.39 Å². The van der Waals surface area contributed by atoms with E-state index >= 15 is 4.39 Å². The maximum atomic E-state index is 15.9. The van der Waals surface area contributed by atoms with E-state index in [9.17, 15) is 4.79 Å². The molecule has 33 heavy (non-hydrogen) atoms. The van der Waals surface area contributed by atoms with Crippen LogP contribution in [0.2, 0.25) is 0 Å². The Morgan fingerprint density at radius 2 is 2.03 bits per heavy atom. The monoisotopic (exact) mass is 448 g/mol. The smallest absolute Gasteiger partial charge is 0.258 e. The van der Waals surface area contributed by atoms with Gasteiger partial charge in [-0.25, -0.2) is 19.3 Å². The summed E-state index contributed by atoms with van der Waals surface area (Å²) in [4.78, 5) is 31.2. The lowest BCUT2D eigenvalue weighted by Crippen LogP contribution is -2.34. The first kappa shape index (κ1) is 20.3. The van der Waals surface area contributed by atoms with Crippen LogP contribution < -0.4 is 10.1 Å². The molecule has 0 spiro atoms. The zero-order chi connectivity index (χ0) is 22.7. The summed E-state index contributed by atoms with van der Waals surface area (Å²) in [5.74, 6) is -0.249. The van der Waals surface area contributed by atoms with Gasteiger partial charge in [-0.2, -0.15) is 0 Å². The van der Waals surface area contributed by atoms with Crippen molar-refractivity contribution in [3.63, 3.8) is 0 Å². The van der Waals surface area contributed by atoms with Gasteiger partial charge >= 0.3 is 0 Å². The highest BCUT2D eigenvalue weighted by molar-refractivity contribution is 6.00. The van der Waals surface area contributed by atoms with Crippen LogP contribution in [0.3, 0.4) is 0 Å². The number of aromatic amines is 1. The van der Waals surface area contributed by atoms with Crippen molar-refractivity contribution in [2.75, 3.05) is 19.6 Å². The molecule has 0 bridgehead atoms. The van der Waals surface area contributed by atoms with Gasteiger partial charge in [0.25, 0.3) is 11.8 Å². The van der Waals surface area contributed by atoms with E-state index in [1.807, 2.05) is 0 Å². The summed E-state index contributed by atoms with van der Waals surface area (Å²) in [5.41, 5.74) is 6.13. The molecule has 3 aromatic rings. The average molecular weight is 449 g/mol. The third-order valence-corrected chi connectivity index (χ3v) is 7.06. The highest BCUT2D eigenvalue weighted by atomic mass is 19.1. The quantitative estimate of drug-likeness (QED) is 0.639. The van der Waals surface area contributed by atoms with Crippen LogP contribution >= 0.6 is 0 Å². The third-order valence-electron chi connectivity index (χ3n) is 7.06. The maximum absolute atomic E-state index is 15.9. The van der Waals surface area contributed by atoms with E-state index in [-0.39, 0.29) is 17.7 Å². The van der Waals surface area contributed by atoms with Crippen LogP contribution in [-0.4, -0.2) is 50.4 Å². The number of hydrogen-bond donors (Lipinski definition) is 2. The molecule has 9 heteroatoms. The third kappa shape index (κ3) is 3.13. The zero-order valence-electron chi connectivity index (χ0n) is 18.7. The Morgan fingerprint density at radius 1 is 1.15 bits per heavy atom. The average Bonchev–Trinajstić information content (AvgIpc) is 3.24. The van der Waals surface area contributed by atoms with Gasteiger partial charge < -0.3 is 15.0 Å². The molecule has 6 rings (SSSR count). The lowest BCUT2D eigenvalue weighted by molar-refractivity contribution is 0.0940. The molecule has 1 amide bonds. The SMILES string of the molecule is CCN1CCc2ncnc(Oc3ncc4c(c3F)-c3[nH]c5c(c3CC4)C(=O)NC[C@@H]5C)c2C1. The predicted octanol–water partition coefficient (Wildman–Crippen LogP) is 3.12. The van der Waals surface area contributed by atoms with Gasteiger partial charge in [-0.1, -0.05) is 13.8 Å².